The number of aliphatic hydroxyl groups is 1. The summed E-state index contributed by atoms with van der Waals surface area (Å²) < 4.78 is 44.1. The highest BCUT2D eigenvalue weighted by molar-refractivity contribution is 7.94. The number of carbonyl (C=O) groups excluding carboxylic acids is 1. The Kier molecular flexibility index (Phi) is 7.01. The van der Waals surface area contributed by atoms with Crippen LogP contribution in [-0.2, 0) is 4.79 Å². The van der Waals surface area contributed by atoms with Gasteiger partial charge in [0.1, 0.15) is 11.8 Å². The molecule has 1 unspecified atom stereocenters. The van der Waals surface area contributed by atoms with Gasteiger partial charge in [0.15, 0.2) is 6.10 Å². The van der Waals surface area contributed by atoms with E-state index >= 15 is 0 Å². The first-order valence-corrected chi connectivity index (χ1v) is 11.7. The van der Waals surface area contributed by atoms with Crippen molar-refractivity contribution in [1.29, 1.82) is 5.26 Å². The fourth-order valence-electron chi connectivity index (χ4n) is 4.81. The van der Waals surface area contributed by atoms with Crippen molar-refractivity contribution in [2.24, 2.45) is 10.6 Å². The van der Waals surface area contributed by atoms with Crippen LogP contribution in [0.2, 0.25) is 0 Å². The number of nitrogens with zero attached hydrogens (tertiary/aromatic N) is 4. The summed E-state index contributed by atoms with van der Waals surface area (Å²) in [5.41, 5.74) is 2.08. The number of benzene rings is 1. The number of hydrogen-bond acceptors (Lipinski definition) is 9. The smallest absolute Gasteiger partial charge is 0.416 e. The van der Waals surface area contributed by atoms with Crippen molar-refractivity contribution in [3.8, 4) is 11.8 Å². The van der Waals surface area contributed by atoms with Gasteiger partial charge in [0.25, 0.3) is 0 Å². The Morgan fingerprint density at radius 3 is 2.80 bits per heavy atom. The molecule has 2 aliphatic rings. The Morgan fingerprint density at radius 1 is 1.49 bits per heavy atom. The molecule has 1 atom stereocenters. The van der Waals surface area contributed by atoms with Gasteiger partial charge in [-0.2, -0.15) is 18.4 Å². The number of fused-ring (bicyclic) bond motifs is 1. The van der Waals surface area contributed by atoms with Gasteiger partial charge in [-0.15, -0.1) is 0 Å². The van der Waals surface area contributed by atoms with Gasteiger partial charge in [0.05, 0.1) is 37.0 Å². The van der Waals surface area contributed by atoms with Crippen LogP contribution in [0.1, 0.15) is 18.4 Å². The minimum absolute atomic E-state index is 0.000628. The summed E-state index contributed by atoms with van der Waals surface area (Å²) in [5, 5.41) is 27.3. The Hall–Kier alpha value is -2.79. The monoisotopic (exact) mass is 510 g/mol. The van der Waals surface area contributed by atoms with E-state index in [0.29, 0.717) is 11.3 Å². The number of aliphatic hydroxyl groups excluding tert-OH is 1. The normalized spacial score (nSPS) is 18.2. The average Bonchev–Trinajstić information content (AvgIpc) is 2.78. The summed E-state index contributed by atoms with van der Waals surface area (Å²) in [6.45, 7) is 0.389. The van der Waals surface area contributed by atoms with Crippen molar-refractivity contribution in [2.45, 2.75) is 31.2 Å². The number of nitrogens with one attached hydrogen (secondary N) is 1. The van der Waals surface area contributed by atoms with Crippen molar-refractivity contribution < 1.29 is 27.8 Å². The molecule has 1 aliphatic heterocycles. The minimum atomic E-state index is -4.79. The number of aromatic nitrogens is 1. The molecule has 0 radical (unpaired) electrons. The number of nitrogens with two attached hydrogens (primary N) is 1. The van der Waals surface area contributed by atoms with E-state index in [1.54, 1.807) is 17.6 Å². The number of rotatable bonds is 8. The maximum atomic E-state index is 12.4. The second-order valence-electron chi connectivity index (χ2n) is 8.98. The third-order valence-corrected chi connectivity index (χ3v) is 7.28. The molecule has 1 amide bonds. The number of carbonyl (C=O) groups is 1. The maximum absolute atomic E-state index is 12.4. The van der Waals surface area contributed by atoms with Crippen LogP contribution in [0, 0.1) is 16.7 Å². The van der Waals surface area contributed by atoms with E-state index in [-0.39, 0.29) is 18.0 Å². The molecule has 35 heavy (non-hydrogen) atoms. The number of amides is 1. The van der Waals surface area contributed by atoms with Gasteiger partial charge in [-0.25, -0.2) is 4.31 Å². The third-order valence-electron chi connectivity index (χ3n) is 6.59. The number of pyridine rings is 1. The fraction of sp³-hybridized carbons (Fsp3) is 0.500. The zero-order chi connectivity index (χ0) is 25.4. The second-order valence-corrected chi connectivity index (χ2v) is 9.66. The van der Waals surface area contributed by atoms with E-state index in [9.17, 15) is 23.2 Å². The number of alkyl halides is 3. The lowest BCUT2D eigenvalue weighted by molar-refractivity contribution is -0.201. The van der Waals surface area contributed by atoms with Crippen LogP contribution >= 0.6 is 12.1 Å². The number of anilines is 1. The van der Waals surface area contributed by atoms with Gasteiger partial charge in [0.2, 0.25) is 5.91 Å². The number of ether oxygens (including phenoxy) is 1. The molecule has 2 fully saturated rings. The van der Waals surface area contributed by atoms with E-state index < -0.39 is 24.7 Å². The Labute approximate surface area is 204 Å². The second kappa shape index (κ2) is 9.69. The van der Waals surface area contributed by atoms with Crippen LogP contribution in [0.3, 0.4) is 0 Å². The third kappa shape index (κ3) is 5.11. The summed E-state index contributed by atoms with van der Waals surface area (Å²) in [5.74, 6) is 0.0404. The molecular weight excluding hydrogens is 485 g/mol. The van der Waals surface area contributed by atoms with Crippen LogP contribution in [0.15, 0.2) is 24.4 Å². The molecule has 2 heterocycles. The van der Waals surface area contributed by atoms with Crippen molar-refractivity contribution in [3.63, 3.8) is 0 Å². The zero-order valence-corrected chi connectivity index (χ0v) is 19.7. The van der Waals surface area contributed by atoms with Gasteiger partial charge < -0.3 is 20.1 Å². The van der Waals surface area contributed by atoms with Crippen LogP contribution in [-0.4, -0.2) is 71.9 Å². The SMILES string of the molecule is COc1ccc2c(N3CC4(CC(N(CC(=O)NCC(O)C(F)(F)F)SN)C4)C3)c(C#N)cnc2c1. The molecule has 0 bridgehead atoms. The minimum Gasteiger partial charge on any atom is -0.497 e. The molecule has 13 heteroatoms. The van der Waals surface area contributed by atoms with Gasteiger partial charge in [-0.3, -0.25) is 14.9 Å². The van der Waals surface area contributed by atoms with Gasteiger partial charge in [-0.1, -0.05) is 0 Å². The Morgan fingerprint density at radius 2 is 2.20 bits per heavy atom. The first kappa shape index (κ1) is 25.3. The number of methoxy groups -OCH3 is 1. The summed E-state index contributed by atoms with van der Waals surface area (Å²) in [6.07, 6.45) is -4.30. The van der Waals surface area contributed by atoms with Crippen LogP contribution in [0.4, 0.5) is 18.9 Å². The van der Waals surface area contributed by atoms with Gasteiger partial charge in [0, 0.05) is 54.3 Å². The van der Waals surface area contributed by atoms with Crippen molar-refractivity contribution in [1.82, 2.24) is 14.6 Å². The summed E-state index contributed by atoms with van der Waals surface area (Å²) in [4.78, 5) is 18.6. The molecule has 4 N–H and O–H groups in total. The topological polar surface area (TPSA) is 128 Å². The molecule has 1 saturated carbocycles. The highest BCUT2D eigenvalue weighted by Gasteiger charge is 2.54. The maximum Gasteiger partial charge on any atom is 0.416 e. The average molecular weight is 511 g/mol. The lowest BCUT2D eigenvalue weighted by Gasteiger charge is -2.61. The quantitative estimate of drug-likeness (QED) is 0.457. The molecule has 2 aromatic rings. The molecule has 1 spiro atoms. The van der Waals surface area contributed by atoms with Crippen molar-refractivity contribution >= 4 is 34.6 Å². The zero-order valence-electron chi connectivity index (χ0n) is 18.9. The molecule has 1 saturated heterocycles. The Balaban J connectivity index is 1.35. The molecule has 4 rings (SSSR count). The predicted octanol–water partition coefficient (Wildman–Crippen LogP) is 1.95. The molecular formula is C22H25F3N6O3S. The lowest BCUT2D eigenvalue weighted by Crippen LogP contribution is -2.66. The van der Waals surface area contributed by atoms with Crippen LogP contribution < -0.4 is 20.1 Å². The fourth-order valence-corrected chi connectivity index (χ4v) is 5.32. The van der Waals surface area contributed by atoms with Gasteiger partial charge in [-0.05, 0) is 25.0 Å². The standard InChI is InChI=1S/C22H25F3N6O3S/c1-34-15-2-3-16-17(4-15)28-8-13(7-26)20(16)30-11-21(12-30)5-14(6-21)31(35-27)10-19(33)29-9-18(32)22(23,24)25/h2-4,8,14,18,32H,5-6,9-12,27H2,1H3,(H,29,33). The van der Waals surface area contributed by atoms with Crippen molar-refractivity contribution in [2.75, 3.05) is 38.2 Å². The largest absolute Gasteiger partial charge is 0.497 e. The molecule has 1 aromatic heterocycles. The van der Waals surface area contributed by atoms with Gasteiger partial charge >= 0.3 is 6.18 Å². The van der Waals surface area contributed by atoms with Crippen LogP contribution in [0.25, 0.3) is 10.9 Å². The first-order chi connectivity index (χ1) is 16.6. The highest BCUT2D eigenvalue weighted by Crippen LogP contribution is 2.53. The summed E-state index contributed by atoms with van der Waals surface area (Å²) in [6, 6.07) is 7.77. The molecule has 1 aliphatic carbocycles. The molecule has 1 aromatic carbocycles. The molecule has 188 valence electrons. The summed E-state index contributed by atoms with van der Waals surface area (Å²) >= 11 is 0.877. The predicted molar refractivity (Wildman–Crippen MR) is 124 cm³/mol. The lowest BCUT2D eigenvalue weighted by atomic mass is 9.60. The number of nitriles is 1. The van der Waals surface area contributed by atoms with E-state index in [0.717, 1.165) is 54.7 Å². The van der Waals surface area contributed by atoms with E-state index in [1.165, 1.54) is 0 Å². The number of halogens is 3. The van der Waals surface area contributed by atoms with E-state index in [1.807, 2.05) is 18.2 Å². The summed E-state index contributed by atoms with van der Waals surface area (Å²) in [7, 11) is 1.58. The number of hydrogen-bond donors (Lipinski definition) is 3. The van der Waals surface area contributed by atoms with Crippen LogP contribution in [0.5, 0.6) is 5.75 Å². The first-order valence-electron chi connectivity index (χ1n) is 10.9. The molecule has 9 nitrogen and oxygen atoms in total. The Bertz CT molecular complexity index is 1140. The van der Waals surface area contributed by atoms with E-state index in [4.69, 9.17) is 15.0 Å². The van der Waals surface area contributed by atoms with E-state index in [2.05, 4.69) is 21.3 Å². The highest BCUT2D eigenvalue weighted by atomic mass is 32.2. The van der Waals surface area contributed by atoms with Crippen molar-refractivity contribution in [3.05, 3.63) is 30.0 Å².